The highest BCUT2D eigenvalue weighted by atomic mass is 16.3. The van der Waals surface area contributed by atoms with Crippen LogP contribution in [0.1, 0.15) is 10.4 Å². The lowest BCUT2D eigenvalue weighted by molar-refractivity contribution is 0.102. The standard InChI is InChI=1S/C23H16N4O2/c28-23(15-4-2-1-3-5-15)27-18-8-6-17(7-9-18)26-19-10-12-24-22-20(19)21-16(14-25-22)11-13-29-21/h1-14H,(H,27,28)(H,24,25,26). The van der Waals surface area contributed by atoms with Crippen LogP contribution in [0.2, 0.25) is 0 Å². The van der Waals surface area contributed by atoms with Crippen LogP contribution in [0, 0.1) is 0 Å². The van der Waals surface area contributed by atoms with E-state index in [1.54, 1.807) is 30.8 Å². The molecule has 0 aliphatic rings. The Kier molecular flexibility index (Phi) is 4.14. The Morgan fingerprint density at radius 1 is 0.862 bits per heavy atom. The van der Waals surface area contributed by atoms with Gasteiger partial charge in [-0.3, -0.25) is 4.79 Å². The lowest BCUT2D eigenvalue weighted by Gasteiger charge is -2.11. The van der Waals surface area contributed by atoms with E-state index in [9.17, 15) is 4.79 Å². The molecule has 29 heavy (non-hydrogen) atoms. The van der Waals surface area contributed by atoms with E-state index in [1.165, 1.54) is 0 Å². The second-order valence-electron chi connectivity index (χ2n) is 6.54. The normalized spacial score (nSPS) is 10.9. The number of amides is 1. The van der Waals surface area contributed by atoms with Gasteiger partial charge in [0.15, 0.2) is 5.65 Å². The summed E-state index contributed by atoms with van der Waals surface area (Å²) in [4.78, 5) is 21.0. The predicted octanol–water partition coefficient (Wildman–Crippen LogP) is 5.37. The third-order valence-corrected chi connectivity index (χ3v) is 4.64. The number of furan rings is 1. The Hall–Kier alpha value is -4.19. The Bertz CT molecular complexity index is 1310. The van der Waals surface area contributed by atoms with Crippen molar-refractivity contribution in [3.05, 3.63) is 91.0 Å². The van der Waals surface area contributed by atoms with Gasteiger partial charge in [-0.15, -0.1) is 0 Å². The largest absolute Gasteiger partial charge is 0.463 e. The van der Waals surface area contributed by atoms with Gasteiger partial charge in [-0.2, -0.15) is 0 Å². The summed E-state index contributed by atoms with van der Waals surface area (Å²) in [6, 6.07) is 20.4. The van der Waals surface area contributed by atoms with Crippen LogP contribution in [0.15, 0.2) is 89.8 Å². The molecule has 2 aromatic carbocycles. The van der Waals surface area contributed by atoms with Crippen molar-refractivity contribution in [3.8, 4) is 0 Å². The average molecular weight is 380 g/mol. The van der Waals surface area contributed by atoms with Gasteiger partial charge in [-0.05, 0) is 48.5 Å². The van der Waals surface area contributed by atoms with Gasteiger partial charge in [0.2, 0.25) is 0 Å². The summed E-state index contributed by atoms with van der Waals surface area (Å²) < 4.78 is 5.65. The van der Waals surface area contributed by atoms with Crippen LogP contribution >= 0.6 is 0 Å². The molecule has 0 radical (unpaired) electrons. The van der Waals surface area contributed by atoms with Crippen LogP contribution in [-0.2, 0) is 0 Å². The van der Waals surface area contributed by atoms with Gasteiger partial charge in [0, 0.05) is 34.7 Å². The number of aromatic nitrogens is 2. The number of hydrogen-bond donors (Lipinski definition) is 2. The number of anilines is 3. The molecule has 6 heteroatoms. The fourth-order valence-electron chi connectivity index (χ4n) is 3.22. The third-order valence-electron chi connectivity index (χ3n) is 4.64. The number of nitrogens with zero attached hydrogens (tertiary/aromatic N) is 2. The van der Waals surface area contributed by atoms with Crippen LogP contribution < -0.4 is 10.6 Å². The van der Waals surface area contributed by atoms with Gasteiger partial charge >= 0.3 is 0 Å². The number of pyridine rings is 2. The van der Waals surface area contributed by atoms with E-state index >= 15 is 0 Å². The van der Waals surface area contributed by atoms with E-state index in [-0.39, 0.29) is 5.91 Å². The van der Waals surface area contributed by atoms with Gasteiger partial charge < -0.3 is 15.1 Å². The molecule has 2 N–H and O–H groups in total. The van der Waals surface area contributed by atoms with Crippen LogP contribution in [0.4, 0.5) is 17.1 Å². The molecule has 0 fully saturated rings. The molecule has 0 saturated carbocycles. The maximum Gasteiger partial charge on any atom is 0.255 e. The van der Waals surface area contributed by atoms with E-state index in [1.807, 2.05) is 54.6 Å². The molecule has 140 valence electrons. The quantitative estimate of drug-likeness (QED) is 0.438. The molecule has 0 aliphatic carbocycles. The molecule has 0 aliphatic heterocycles. The van der Waals surface area contributed by atoms with E-state index in [4.69, 9.17) is 4.42 Å². The summed E-state index contributed by atoms with van der Waals surface area (Å²) in [5.41, 5.74) is 4.43. The zero-order valence-corrected chi connectivity index (χ0v) is 15.3. The number of benzene rings is 2. The van der Waals surface area contributed by atoms with Crippen molar-refractivity contribution in [2.45, 2.75) is 0 Å². The molecule has 0 bridgehead atoms. The van der Waals surface area contributed by atoms with Gasteiger partial charge in [0.05, 0.1) is 17.3 Å². The molecular weight excluding hydrogens is 364 g/mol. The fourth-order valence-corrected chi connectivity index (χ4v) is 3.22. The second kappa shape index (κ2) is 7.09. The van der Waals surface area contributed by atoms with Crippen molar-refractivity contribution < 1.29 is 9.21 Å². The fraction of sp³-hybridized carbons (Fsp3) is 0. The highest BCUT2D eigenvalue weighted by Gasteiger charge is 2.11. The van der Waals surface area contributed by atoms with E-state index < -0.39 is 0 Å². The van der Waals surface area contributed by atoms with Gasteiger partial charge in [-0.25, -0.2) is 9.97 Å². The number of hydrogen-bond acceptors (Lipinski definition) is 5. The molecule has 5 rings (SSSR count). The van der Waals surface area contributed by atoms with Crippen LogP contribution in [-0.4, -0.2) is 15.9 Å². The van der Waals surface area contributed by atoms with Crippen LogP contribution in [0.25, 0.3) is 22.0 Å². The van der Waals surface area contributed by atoms with Crippen molar-refractivity contribution >= 4 is 45.0 Å². The predicted molar refractivity (Wildman–Crippen MR) is 113 cm³/mol. The molecule has 0 spiro atoms. The van der Waals surface area contributed by atoms with Crippen molar-refractivity contribution in [2.24, 2.45) is 0 Å². The van der Waals surface area contributed by atoms with E-state index in [2.05, 4.69) is 20.6 Å². The average Bonchev–Trinajstić information content (AvgIpc) is 3.25. The maximum atomic E-state index is 12.3. The molecule has 0 saturated heterocycles. The number of fused-ring (bicyclic) bond motifs is 3. The maximum absolute atomic E-state index is 12.3. The first-order chi connectivity index (χ1) is 14.3. The zero-order chi connectivity index (χ0) is 19.6. The number of carbonyl (C=O) groups excluding carboxylic acids is 1. The topological polar surface area (TPSA) is 80.0 Å². The second-order valence-corrected chi connectivity index (χ2v) is 6.54. The number of rotatable bonds is 4. The summed E-state index contributed by atoms with van der Waals surface area (Å²) in [6.45, 7) is 0. The Morgan fingerprint density at radius 3 is 2.48 bits per heavy atom. The summed E-state index contributed by atoms with van der Waals surface area (Å²) in [6.07, 6.45) is 5.11. The first-order valence-corrected chi connectivity index (χ1v) is 9.12. The summed E-state index contributed by atoms with van der Waals surface area (Å²) in [5.74, 6) is -0.141. The minimum atomic E-state index is -0.141. The SMILES string of the molecule is O=C(Nc1ccc(Nc2ccnc3ncc4ccoc4c23)cc1)c1ccccc1. The monoisotopic (exact) mass is 380 g/mol. The highest BCUT2D eigenvalue weighted by Crippen LogP contribution is 2.31. The first-order valence-electron chi connectivity index (χ1n) is 9.12. The molecule has 5 aromatic rings. The Morgan fingerprint density at radius 2 is 1.66 bits per heavy atom. The molecule has 1 amide bonds. The van der Waals surface area contributed by atoms with E-state index in [0.717, 1.165) is 33.4 Å². The summed E-state index contributed by atoms with van der Waals surface area (Å²) >= 11 is 0. The van der Waals surface area contributed by atoms with Gasteiger partial charge in [0.1, 0.15) is 5.58 Å². The highest BCUT2D eigenvalue weighted by molar-refractivity contribution is 6.08. The third kappa shape index (κ3) is 3.27. The molecule has 3 aromatic heterocycles. The van der Waals surface area contributed by atoms with Crippen LogP contribution in [0.3, 0.4) is 0 Å². The Balaban J connectivity index is 1.40. The van der Waals surface area contributed by atoms with Crippen molar-refractivity contribution in [3.63, 3.8) is 0 Å². The smallest absolute Gasteiger partial charge is 0.255 e. The van der Waals surface area contributed by atoms with Crippen molar-refractivity contribution in [1.82, 2.24) is 9.97 Å². The molecule has 3 heterocycles. The summed E-state index contributed by atoms with van der Waals surface area (Å²) in [5, 5.41) is 8.04. The van der Waals surface area contributed by atoms with Gasteiger partial charge in [-0.1, -0.05) is 18.2 Å². The minimum absolute atomic E-state index is 0.141. The number of carbonyl (C=O) groups is 1. The molecular formula is C23H16N4O2. The summed E-state index contributed by atoms with van der Waals surface area (Å²) in [7, 11) is 0. The molecule has 6 nitrogen and oxygen atoms in total. The number of nitrogens with one attached hydrogen (secondary N) is 2. The zero-order valence-electron chi connectivity index (χ0n) is 15.3. The minimum Gasteiger partial charge on any atom is -0.463 e. The van der Waals surface area contributed by atoms with Crippen LogP contribution in [0.5, 0.6) is 0 Å². The van der Waals surface area contributed by atoms with Gasteiger partial charge in [0.25, 0.3) is 5.91 Å². The van der Waals surface area contributed by atoms with Crippen molar-refractivity contribution in [2.75, 3.05) is 10.6 Å². The molecule has 0 atom stereocenters. The first kappa shape index (κ1) is 16.9. The lowest BCUT2D eigenvalue weighted by Crippen LogP contribution is -2.11. The lowest BCUT2D eigenvalue weighted by atomic mass is 10.2. The molecule has 0 unspecified atom stereocenters. The van der Waals surface area contributed by atoms with E-state index in [0.29, 0.717) is 11.2 Å². The Labute approximate surface area is 166 Å². The van der Waals surface area contributed by atoms with Crippen molar-refractivity contribution in [1.29, 1.82) is 0 Å².